The Balaban J connectivity index is 2.64. The second-order valence-corrected chi connectivity index (χ2v) is 5.11. The van der Waals surface area contributed by atoms with E-state index in [0.717, 1.165) is 31.7 Å². The fraction of sp³-hybridized carbons (Fsp3) is 0.615. The molecule has 19 heavy (non-hydrogen) atoms. The molecule has 1 aromatic rings. The summed E-state index contributed by atoms with van der Waals surface area (Å²) in [5.41, 5.74) is 0. The summed E-state index contributed by atoms with van der Waals surface area (Å²) in [4.78, 5) is 18.2. The minimum absolute atomic E-state index is 0.0888. The van der Waals surface area contributed by atoms with Gasteiger partial charge in [0.15, 0.2) is 0 Å². The molecule has 1 rings (SSSR count). The number of carbonyl (C=O) groups excluding carboxylic acids is 1. The number of carbonyl (C=O) groups is 1. The fourth-order valence-electron chi connectivity index (χ4n) is 1.61. The second-order valence-electron chi connectivity index (χ2n) is 4.12. The fourth-order valence-corrected chi connectivity index (χ4v) is 2.32. The smallest absolute Gasteiger partial charge is 0.323 e. The van der Waals surface area contributed by atoms with Crippen LogP contribution in [0, 0.1) is 0 Å². The summed E-state index contributed by atoms with van der Waals surface area (Å²) < 4.78 is 1.34. The number of nitrogens with zero attached hydrogens (tertiary/aromatic N) is 4. The van der Waals surface area contributed by atoms with E-state index in [1.807, 2.05) is 24.0 Å². The van der Waals surface area contributed by atoms with E-state index in [1.165, 1.54) is 22.8 Å². The van der Waals surface area contributed by atoms with Crippen molar-refractivity contribution in [1.29, 1.82) is 0 Å². The number of aromatic nitrogens is 3. The zero-order valence-electron chi connectivity index (χ0n) is 11.9. The number of amides is 1. The maximum atomic E-state index is 12.2. The lowest BCUT2D eigenvalue weighted by Crippen LogP contribution is -2.36. The van der Waals surface area contributed by atoms with Gasteiger partial charge in [-0.05, 0) is 19.8 Å². The van der Waals surface area contributed by atoms with Gasteiger partial charge < -0.3 is 4.90 Å². The molecule has 0 unspecified atom stereocenters. The van der Waals surface area contributed by atoms with Crippen LogP contribution >= 0.6 is 11.8 Å². The van der Waals surface area contributed by atoms with Crippen molar-refractivity contribution < 1.29 is 4.79 Å². The molecular formula is C13H22N4OS. The van der Waals surface area contributed by atoms with Crippen molar-refractivity contribution >= 4 is 17.8 Å². The van der Waals surface area contributed by atoms with Crippen LogP contribution in [0.3, 0.4) is 0 Å². The van der Waals surface area contributed by atoms with E-state index < -0.39 is 0 Å². The van der Waals surface area contributed by atoms with Gasteiger partial charge in [-0.1, -0.05) is 37.8 Å². The molecule has 0 aliphatic carbocycles. The molecule has 1 aromatic heterocycles. The first kappa shape index (κ1) is 15.8. The van der Waals surface area contributed by atoms with E-state index >= 15 is 0 Å². The van der Waals surface area contributed by atoms with E-state index in [1.54, 1.807) is 0 Å². The van der Waals surface area contributed by atoms with Crippen LogP contribution < -0.4 is 0 Å². The number of allylic oxidation sites excluding steroid dienone is 1. The van der Waals surface area contributed by atoms with Gasteiger partial charge in [-0.15, -0.1) is 5.10 Å². The molecule has 0 bridgehead atoms. The van der Waals surface area contributed by atoms with Crippen molar-refractivity contribution in [2.24, 2.45) is 0 Å². The van der Waals surface area contributed by atoms with Crippen molar-refractivity contribution in [2.75, 3.05) is 18.8 Å². The molecule has 0 fully saturated rings. The van der Waals surface area contributed by atoms with Crippen molar-refractivity contribution in [2.45, 2.75) is 38.8 Å². The summed E-state index contributed by atoms with van der Waals surface area (Å²) >= 11 is 1.52. The summed E-state index contributed by atoms with van der Waals surface area (Å²) in [5.74, 6) is 0.822. The van der Waals surface area contributed by atoms with E-state index in [-0.39, 0.29) is 6.03 Å². The molecule has 0 aliphatic rings. The standard InChI is InChI=1S/C13H22N4OS/c1-4-7-10-19-12-14-11-17(15-12)13(18)16(8-5-2)9-6-3/h4,7,11H,5-6,8-10H2,1-3H3/b7-4+. The Morgan fingerprint density at radius 3 is 2.68 bits per heavy atom. The molecule has 0 aromatic carbocycles. The molecule has 0 N–H and O–H groups in total. The van der Waals surface area contributed by atoms with Crippen LogP contribution in [0.2, 0.25) is 0 Å². The van der Waals surface area contributed by atoms with Gasteiger partial charge in [0.1, 0.15) is 6.33 Å². The number of hydrogen-bond donors (Lipinski definition) is 0. The first-order valence-corrected chi connectivity index (χ1v) is 7.66. The highest BCUT2D eigenvalue weighted by atomic mass is 32.2. The third kappa shape index (κ3) is 5.06. The summed E-state index contributed by atoms with van der Waals surface area (Å²) in [6.07, 6.45) is 7.42. The van der Waals surface area contributed by atoms with E-state index in [9.17, 15) is 4.79 Å². The van der Waals surface area contributed by atoms with Crippen molar-refractivity contribution in [3.63, 3.8) is 0 Å². The van der Waals surface area contributed by atoms with Gasteiger partial charge in [0, 0.05) is 18.8 Å². The van der Waals surface area contributed by atoms with E-state index in [2.05, 4.69) is 23.9 Å². The Hall–Kier alpha value is -1.30. The molecule has 1 heterocycles. The topological polar surface area (TPSA) is 51.0 Å². The van der Waals surface area contributed by atoms with Gasteiger partial charge in [0.25, 0.3) is 0 Å². The Morgan fingerprint density at radius 2 is 2.11 bits per heavy atom. The quantitative estimate of drug-likeness (QED) is 0.570. The minimum Gasteiger partial charge on any atom is -0.323 e. The van der Waals surface area contributed by atoms with Crippen LogP contribution in [-0.2, 0) is 0 Å². The Bertz CT molecular complexity index is 411. The van der Waals surface area contributed by atoms with Crippen LogP contribution in [0.1, 0.15) is 33.6 Å². The monoisotopic (exact) mass is 282 g/mol. The molecule has 0 spiro atoms. The normalized spacial score (nSPS) is 11.1. The first-order chi connectivity index (χ1) is 9.22. The third-order valence-corrected chi connectivity index (χ3v) is 3.27. The lowest BCUT2D eigenvalue weighted by atomic mass is 10.4. The lowest BCUT2D eigenvalue weighted by molar-refractivity contribution is 0.196. The molecule has 5 nitrogen and oxygen atoms in total. The predicted molar refractivity (Wildman–Crippen MR) is 78.5 cm³/mol. The van der Waals surface area contributed by atoms with Crippen LogP contribution in [0.4, 0.5) is 4.79 Å². The maximum Gasteiger partial charge on any atom is 0.346 e. The largest absolute Gasteiger partial charge is 0.346 e. The molecule has 0 atom stereocenters. The zero-order chi connectivity index (χ0) is 14.1. The Kier molecular flexibility index (Phi) is 7.25. The predicted octanol–water partition coefficient (Wildman–Crippen LogP) is 3.04. The highest BCUT2D eigenvalue weighted by molar-refractivity contribution is 7.99. The van der Waals surface area contributed by atoms with Gasteiger partial charge >= 0.3 is 6.03 Å². The molecule has 0 radical (unpaired) electrons. The van der Waals surface area contributed by atoms with Gasteiger partial charge in [0.2, 0.25) is 5.16 Å². The molecule has 1 amide bonds. The summed E-state index contributed by atoms with van der Waals surface area (Å²) in [5, 5.41) is 4.85. The van der Waals surface area contributed by atoms with E-state index in [4.69, 9.17) is 0 Å². The van der Waals surface area contributed by atoms with Crippen LogP contribution in [0.15, 0.2) is 23.6 Å². The van der Waals surface area contributed by atoms with E-state index in [0.29, 0.717) is 5.16 Å². The van der Waals surface area contributed by atoms with Gasteiger partial charge in [-0.3, -0.25) is 0 Å². The number of thioether (sulfide) groups is 1. The van der Waals surface area contributed by atoms with Crippen molar-refractivity contribution in [1.82, 2.24) is 19.7 Å². The molecule has 0 saturated heterocycles. The SMILES string of the molecule is C/C=C/CSc1ncn(C(=O)N(CCC)CCC)n1. The highest BCUT2D eigenvalue weighted by Crippen LogP contribution is 2.12. The zero-order valence-corrected chi connectivity index (χ0v) is 12.7. The average Bonchev–Trinajstić information content (AvgIpc) is 2.87. The van der Waals surface area contributed by atoms with Gasteiger partial charge in [-0.25, -0.2) is 9.78 Å². The van der Waals surface area contributed by atoms with Crippen LogP contribution in [0.25, 0.3) is 0 Å². The summed E-state index contributed by atoms with van der Waals surface area (Å²) in [6, 6.07) is -0.0888. The Morgan fingerprint density at radius 1 is 1.42 bits per heavy atom. The van der Waals surface area contributed by atoms with Gasteiger partial charge in [0.05, 0.1) is 0 Å². The van der Waals surface area contributed by atoms with Crippen molar-refractivity contribution in [3.8, 4) is 0 Å². The molecule has 0 aliphatic heterocycles. The van der Waals surface area contributed by atoms with Crippen LogP contribution in [0.5, 0.6) is 0 Å². The van der Waals surface area contributed by atoms with Crippen LogP contribution in [-0.4, -0.2) is 44.5 Å². The number of hydrogen-bond acceptors (Lipinski definition) is 4. The third-order valence-electron chi connectivity index (χ3n) is 2.47. The highest BCUT2D eigenvalue weighted by Gasteiger charge is 2.15. The molecule has 6 heteroatoms. The molecule has 0 saturated carbocycles. The maximum absolute atomic E-state index is 12.2. The molecular weight excluding hydrogens is 260 g/mol. The number of rotatable bonds is 7. The van der Waals surface area contributed by atoms with Crippen molar-refractivity contribution in [3.05, 3.63) is 18.5 Å². The lowest BCUT2D eigenvalue weighted by Gasteiger charge is -2.20. The molecule has 106 valence electrons. The first-order valence-electron chi connectivity index (χ1n) is 6.67. The second kappa shape index (κ2) is 8.74. The summed E-state index contributed by atoms with van der Waals surface area (Å²) in [7, 11) is 0. The summed E-state index contributed by atoms with van der Waals surface area (Å²) in [6.45, 7) is 7.62. The Labute approximate surface area is 119 Å². The minimum atomic E-state index is -0.0888. The average molecular weight is 282 g/mol. The van der Waals surface area contributed by atoms with Gasteiger partial charge in [-0.2, -0.15) is 4.68 Å².